The molecule has 0 saturated heterocycles. The maximum absolute atomic E-state index is 13.1. The molecular weight excluding hydrogens is 209 g/mol. The first kappa shape index (κ1) is 10.5. The van der Waals surface area contributed by atoms with Crippen molar-refractivity contribution >= 4 is 5.69 Å². The van der Waals surface area contributed by atoms with E-state index < -0.39 is 5.82 Å². The third-order valence-electron chi connectivity index (χ3n) is 2.14. The summed E-state index contributed by atoms with van der Waals surface area (Å²) in [6, 6.07) is 4.38. The summed E-state index contributed by atoms with van der Waals surface area (Å²) < 4.78 is 20.2. The molecule has 4 nitrogen and oxygen atoms in total. The summed E-state index contributed by atoms with van der Waals surface area (Å²) >= 11 is 0. The van der Waals surface area contributed by atoms with Crippen molar-refractivity contribution in [2.45, 2.75) is 6.61 Å². The first-order chi connectivity index (χ1) is 7.65. The normalized spacial score (nSPS) is 10.4. The zero-order chi connectivity index (χ0) is 11.5. The van der Waals surface area contributed by atoms with Gasteiger partial charge >= 0.3 is 0 Å². The van der Waals surface area contributed by atoms with Crippen LogP contribution in [-0.4, -0.2) is 9.78 Å². The van der Waals surface area contributed by atoms with E-state index in [-0.39, 0.29) is 5.69 Å². The van der Waals surface area contributed by atoms with Crippen molar-refractivity contribution in [2.75, 3.05) is 5.73 Å². The second-order valence-corrected chi connectivity index (χ2v) is 3.49. The summed E-state index contributed by atoms with van der Waals surface area (Å²) in [5.74, 6) is -0.0146. The number of rotatable bonds is 3. The van der Waals surface area contributed by atoms with Crippen LogP contribution in [-0.2, 0) is 13.7 Å². The molecule has 2 rings (SSSR count). The van der Waals surface area contributed by atoms with Gasteiger partial charge in [0.15, 0.2) is 0 Å². The quantitative estimate of drug-likeness (QED) is 0.803. The molecule has 0 atom stereocenters. The van der Waals surface area contributed by atoms with Gasteiger partial charge in [-0.3, -0.25) is 4.68 Å². The fourth-order valence-corrected chi connectivity index (χ4v) is 1.31. The number of benzene rings is 1. The highest BCUT2D eigenvalue weighted by Crippen LogP contribution is 2.18. The van der Waals surface area contributed by atoms with Gasteiger partial charge in [-0.05, 0) is 12.1 Å². The number of ether oxygens (including phenoxy) is 1. The molecule has 0 aliphatic rings. The summed E-state index contributed by atoms with van der Waals surface area (Å²) in [4.78, 5) is 0. The Balaban J connectivity index is 2.02. The van der Waals surface area contributed by atoms with Gasteiger partial charge in [-0.2, -0.15) is 5.10 Å². The molecule has 0 spiro atoms. The van der Waals surface area contributed by atoms with Crippen LogP contribution in [0.15, 0.2) is 30.6 Å². The largest absolute Gasteiger partial charge is 0.489 e. The van der Waals surface area contributed by atoms with E-state index in [1.54, 1.807) is 16.9 Å². The standard InChI is InChI=1S/C11H12FN3O/c1-15-6-8(5-14-15)7-16-9-2-3-11(13)10(12)4-9/h2-6H,7,13H2,1H3. The predicted molar refractivity (Wildman–Crippen MR) is 58.4 cm³/mol. The Hall–Kier alpha value is -2.04. The second kappa shape index (κ2) is 4.22. The van der Waals surface area contributed by atoms with Gasteiger partial charge in [0.05, 0.1) is 11.9 Å². The van der Waals surface area contributed by atoms with E-state index in [0.29, 0.717) is 12.4 Å². The lowest BCUT2D eigenvalue weighted by Gasteiger charge is -2.05. The molecule has 0 fully saturated rings. The Labute approximate surface area is 92.4 Å². The Bertz CT molecular complexity index is 496. The average molecular weight is 221 g/mol. The number of anilines is 1. The number of nitrogens with two attached hydrogens (primary N) is 1. The molecule has 2 N–H and O–H groups in total. The van der Waals surface area contributed by atoms with Crippen LogP contribution in [0.25, 0.3) is 0 Å². The monoisotopic (exact) mass is 221 g/mol. The fourth-order valence-electron chi connectivity index (χ4n) is 1.31. The molecule has 0 amide bonds. The lowest BCUT2D eigenvalue weighted by molar-refractivity contribution is 0.304. The molecule has 0 unspecified atom stereocenters. The highest BCUT2D eigenvalue weighted by molar-refractivity contribution is 5.43. The van der Waals surface area contributed by atoms with Gasteiger partial charge in [-0.25, -0.2) is 4.39 Å². The molecule has 2 aromatic rings. The molecule has 0 bridgehead atoms. The first-order valence-electron chi connectivity index (χ1n) is 4.80. The second-order valence-electron chi connectivity index (χ2n) is 3.49. The van der Waals surface area contributed by atoms with E-state index in [1.807, 2.05) is 13.2 Å². The topological polar surface area (TPSA) is 53.1 Å². The molecule has 0 aliphatic heterocycles. The van der Waals surface area contributed by atoms with E-state index in [0.717, 1.165) is 5.56 Å². The van der Waals surface area contributed by atoms with Crippen molar-refractivity contribution in [3.63, 3.8) is 0 Å². The van der Waals surface area contributed by atoms with Gasteiger partial charge in [0, 0.05) is 24.9 Å². The van der Waals surface area contributed by atoms with Gasteiger partial charge in [0.25, 0.3) is 0 Å². The number of nitrogens with zero attached hydrogens (tertiary/aromatic N) is 2. The van der Waals surface area contributed by atoms with Crippen molar-refractivity contribution in [1.82, 2.24) is 9.78 Å². The lowest BCUT2D eigenvalue weighted by Crippen LogP contribution is -1.96. The maximum Gasteiger partial charge on any atom is 0.149 e. The van der Waals surface area contributed by atoms with Gasteiger partial charge in [0.2, 0.25) is 0 Å². The zero-order valence-corrected chi connectivity index (χ0v) is 8.85. The smallest absolute Gasteiger partial charge is 0.149 e. The van der Waals surface area contributed by atoms with Gasteiger partial charge in [-0.15, -0.1) is 0 Å². The Morgan fingerprint density at radius 2 is 2.31 bits per heavy atom. The fraction of sp³-hybridized carbons (Fsp3) is 0.182. The maximum atomic E-state index is 13.1. The van der Waals surface area contributed by atoms with Crippen molar-refractivity contribution in [3.05, 3.63) is 42.0 Å². The minimum absolute atomic E-state index is 0.119. The van der Waals surface area contributed by atoms with Crippen LogP contribution in [0.5, 0.6) is 5.75 Å². The van der Waals surface area contributed by atoms with Crippen LogP contribution in [0.4, 0.5) is 10.1 Å². The third kappa shape index (κ3) is 2.31. The molecular formula is C11H12FN3O. The Kier molecular flexibility index (Phi) is 2.76. The summed E-state index contributed by atoms with van der Waals surface area (Å²) in [5, 5.41) is 4.00. The van der Waals surface area contributed by atoms with Crippen LogP contribution in [0.1, 0.15) is 5.56 Å². The van der Waals surface area contributed by atoms with Crippen LogP contribution in [0, 0.1) is 5.82 Å². The lowest BCUT2D eigenvalue weighted by atomic mass is 10.3. The number of aryl methyl sites for hydroxylation is 1. The van der Waals surface area contributed by atoms with E-state index >= 15 is 0 Å². The van der Waals surface area contributed by atoms with Crippen LogP contribution in [0.3, 0.4) is 0 Å². The number of halogens is 1. The molecule has 1 aromatic heterocycles. The van der Waals surface area contributed by atoms with E-state index in [1.165, 1.54) is 12.1 Å². The van der Waals surface area contributed by atoms with Crippen molar-refractivity contribution in [1.29, 1.82) is 0 Å². The van der Waals surface area contributed by atoms with Crippen molar-refractivity contribution < 1.29 is 9.13 Å². The van der Waals surface area contributed by atoms with Crippen LogP contribution >= 0.6 is 0 Å². The van der Waals surface area contributed by atoms with Crippen molar-refractivity contribution in [2.24, 2.45) is 7.05 Å². The zero-order valence-electron chi connectivity index (χ0n) is 8.85. The molecule has 84 valence electrons. The number of nitrogen functional groups attached to an aromatic ring is 1. The minimum Gasteiger partial charge on any atom is -0.489 e. The summed E-state index contributed by atoms with van der Waals surface area (Å²) in [6.07, 6.45) is 3.54. The minimum atomic E-state index is -0.469. The molecule has 0 saturated carbocycles. The highest BCUT2D eigenvalue weighted by Gasteiger charge is 2.02. The molecule has 1 heterocycles. The summed E-state index contributed by atoms with van der Waals surface area (Å²) in [6.45, 7) is 0.358. The van der Waals surface area contributed by atoms with E-state index in [9.17, 15) is 4.39 Å². The third-order valence-corrected chi connectivity index (χ3v) is 2.14. The first-order valence-corrected chi connectivity index (χ1v) is 4.80. The number of aromatic nitrogens is 2. The molecule has 16 heavy (non-hydrogen) atoms. The van der Waals surface area contributed by atoms with E-state index in [2.05, 4.69) is 5.10 Å². The van der Waals surface area contributed by atoms with Gasteiger partial charge in [-0.1, -0.05) is 0 Å². The molecule has 1 aromatic carbocycles. The van der Waals surface area contributed by atoms with Crippen molar-refractivity contribution in [3.8, 4) is 5.75 Å². The number of hydrogen-bond donors (Lipinski definition) is 1. The van der Waals surface area contributed by atoms with Gasteiger partial charge < -0.3 is 10.5 Å². The number of hydrogen-bond acceptors (Lipinski definition) is 3. The van der Waals surface area contributed by atoms with Crippen LogP contribution in [0.2, 0.25) is 0 Å². The highest BCUT2D eigenvalue weighted by atomic mass is 19.1. The Morgan fingerprint density at radius 1 is 1.50 bits per heavy atom. The van der Waals surface area contributed by atoms with Gasteiger partial charge in [0.1, 0.15) is 18.2 Å². The summed E-state index contributed by atoms with van der Waals surface area (Å²) in [7, 11) is 1.83. The molecule has 0 aliphatic carbocycles. The summed E-state index contributed by atoms with van der Waals surface area (Å²) in [5.41, 5.74) is 6.40. The van der Waals surface area contributed by atoms with Crippen LogP contribution < -0.4 is 10.5 Å². The molecule has 5 heteroatoms. The van der Waals surface area contributed by atoms with E-state index in [4.69, 9.17) is 10.5 Å². The SMILES string of the molecule is Cn1cc(COc2ccc(N)c(F)c2)cn1. The predicted octanol–water partition coefficient (Wildman–Crippen LogP) is 1.72. The Morgan fingerprint density at radius 3 is 2.94 bits per heavy atom. The molecule has 0 radical (unpaired) electrons. The average Bonchev–Trinajstić information content (AvgIpc) is 2.66.